The highest BCUT2D eigenvalue weighted by Crippen LogP contribution is 2.27. The molecule has 24 heavy (non-hydrogen) atoms. The number of hydrogen-bond acceptors (Lipinski definition) is 4. The van der Waals surface area contributed by atoms with Gasteiger partial charge >= 0.3 is 0 Å². The summed E-state index contributed by atoms with van der Waals surface area (Å²) >= 11 is 7.93. The second-order valence-electron chi connectivity index (χ2n) is 6.33. The Labute approximate surface area is 153 Å². The first kappa shape index (κ1) is 17.8. The Kier molecular flexibility index (Phi) is 6.19. The first-order chi connectivity index (χ1) is 11.7. The fourth-order valence-electron chi connectivity index (χ4n) is 3.32. The van der Waals surface area contributed by atoms with Crippen LogP contribution in [-0.4, -0.2) is 45.1 Å². The predicted octanol–water partition coefficient (Wildman–Crippen LogP) is 4.58. The van der Waals surface area contributed by atoms with Crippen LogP contribution in [0.1, 0.15) is 32.6 Å². The van der Waals surface area contributed by atoms with Crippen LogP contribution >= 0.6 is 23.4 Å². The molecular weight excluding hydrogens is 340 g/mol. The molecule has 0 amide bonds. The third kappa shape index (κ3) is 4.13. The topological polar surface area (TPSA) is 34.0 Å². The van der Waals surface area contributed by atoms with Crippen LogP contribution in [-0.2, 0) is 6.54 Å². The van der Waals surface area contributed by atoms with Crippen LogP contribution in [0.5, 0.6) is 0 Å². The highest BCUT2D eigenvalue weighted by molar-refractivity contribution is 7.99. The minimum Gasteiger partial charge on any atom is -0.303 e. The Morgan fingerprint density at radius 3 is 2.92 bits per heavy atom. The number of likely N-dealkylation sites (tertiary alicyclic amines) is 1. The van der Waals surface area contributed by atoms with E-state index in [2.05, 4.69) is 33.6 Å². The van der Waals surface area contributed by atoms with Gasteiger partial charge in [-0.05, 0) is 51.9 Å². The van der Waals surface area contributed by atoms with Gasteiger partial charge in [-0.2, -0.15) is 0 Å². The molecule has 1 unspecified atom stereocenters. The maximum Gasteiger partial charge on any atom is 0.191 e. The molecule has 6 heteroatoms. The molecule has 0 spiro atoms. The van der Waals surface area contributed by atoms with Crippen molar-refractivity contribution in [2.75, 3.05) is 19.3 Å². The number of halogens is 1. The summed E-state index contributed by atoms with van der Waals surface area (Å²) in [5.74, 6) is 1.99. The fraction of sp³-hybridized carbons (Fsp3) is 0.556. The van der Waals surface area contributed by atoms with Crippen LogP contribution < -0.4 is 0 Å². The van der Waals surface area contributed by atoms with Crippen molar-refractivity contribution in [2.24, 2.45) is 0 Å². The van der Waals surface area contributed by atoms with Crippen LogP contribution in [0.15, 0.2) is 29.4 Å². The zero-order valence-electron chi connectivity index (χ0n) is 14.4. The SMILES string of the molecule is CCn1c(SCCC2CCCCN2C)nnc1-c1cccc(Cl)c1. The van der Waals surface area contributed by atoms with E-state index in [1.165, 1.54) is 32.2 Å². The summed E-state index contributed by atoms with van der Waals surface area (Å²) in [5, 5.41) is 10.6. The molecule has 2 heterocycles. The van der Waals surface area contributed by atoms with Crippen molar-refractivity contribution in [1.29, 1.82) is 0 Å². The normalized spacial score (nSPS) is 18.9. The lowest BCUT2D eigenvalue weighted by Crippen LogP contribution is -2.36. The monoisotopic (exact) mass is 364 g/mol. The Morgan fingerprint density at radius 2 is 2.17 bits per heavy atom. The van der Waals surface area contributed by atoms with Crippen molar-refractivity contribution in [3.63, 3.8) is 0 Å². The number of thioether (sulfide) groups is 1. The summed E-state index contributed by atoms with van der Waals surface area (Å²) in [6.07, 6.45) is 5.24. The number of piperidine rings is 1. The van der Waals surface area contributed by atoms with Crippen molar-refractivity contribution < 1.29 is 0 Å². The number of benzene rings is 1. The molecule has 130 valence electrons. The van der Waals surface area contributed by atoms with Crippen LogP contribution in [0.4, 0.5) is 0 Å². The van der Waals surface area contributed by atoms with E-state index >= 15 is 0 Å². The lowest BCUT2D eigenvalue weighted by molar-refractivity contribution is 0.182. The molecule has 0 aliphatic carbocycles. The van der Waals surface area contributed by atoms with Crippen LogP contribution in [0.2, 0.25) is 5.02 Å². The van der Waals surface area contributed by atoms with E-state index in [-0.39, 0.29) is 0 Å². The van der Waals surface area contributed by atoms with Gasteiger partial charge in [0.15, 0.2) is 11.0 Å². The highest BCUT2D eigenvalue weighted by Gasteiger charge is 2.19. The minimum atomic E-state index is 0.719. The van der Waals surface area contributed by atoms with Gasteiger partial charge in [-0.15, -0.1) is 10.2 Å². The van der Waals surface area contributed by atoms with Gasteiger partial charge in [-0.1, -0.05) is 41.9 Å². The molecule has 1 aromatic carbocycles. The van der Waals surface area contributed by atoms with E-state index < -0.39 is 0 Å². The van der Waals surface area contributed by atoms with Gasteiger partial charge in [0, 0.05) is 28.9 Å². The maximum atomic E-state index is 6.11. The number of nitrogens with zero attached hydrogens (tertiary/aromatic N) is 4. The van der Waals surface area contributed by atoms with E-state index in [0.29, 0.717) is 0 Å². The largest absolute Gasteiger partial charge is 0.303 e. The Bertz CT molecular complexity index is 673. The van der Waals surface area contributed by atoms with E-state index in [1.807, 2.05) is 36.0 Å². The first-order valence-electron chi connectivity index (χ1n) is 8.71. The van der Waals surface area contributed by atoms with E-state index in [0.717, 1.165) is 39.9 Å². The van der Waals surface area contributed by atoms with Crippen molar-refractivity contribution in [2.45, 2.75) is 50.4 Å². The molecule has 2 aromatic rings. The van der Waals surface area contributed by atoms with Crippen LogP contribution in [0.25, 0.3) is 11.4 Å². The molecule has 0 bridgehead atoms. The molecule has 4 nitrogen and oxygen atoms in total. The van der Waals surface area contributed by atoms with Crippen molar-refractivity contribution in [1.82, 2.24) is 19.7 Å². The molecule has 1 fully saturated rings. The van der Waals surface area contributed by atoms with E-state index in [4.69, 9.17) is 11.6 Å². The minimum absolute atomic E-state index is 0.719. The zero-order valence-corrected chi connectivity index (χ0v) is 16.0. The molecule has 1 saturated heterocycles. The number of aromatic nitrogens is 3. The third-order valence-corrected chi connectivity index (χ3v) is 5.95. The lowest BCUT2D eigenvalue weighted by Gasteiger charge is -2.32. The first-order valence-corrected chi connectivity index (χ1v) is 10.1. The van der Waals surface area contributed by atoms with E-state index in [1.54, 1.807) is 0 Å². The zero-order chi connectivity index (χ0) is 16.9. The summed E-state index contributed by atoms with van der Waals surface area (Å²) in [4.78, 5) is 2.51. The summed E-state index contributed by atoms with van der Waals surface area (Å²) < 4.78 is 2.18. The molecule has 0 saturated carbocycles. The lowest BCUT2D eigenvalue weighted by atomic mass is 10.0. The quantitative estimate of drug-likeness (QED) is 0.702. The molecule has 0 radical (unpaired) electrons. The van der Waals surface area contributed by atoms with Crippen molar-refractivity contribution in [3.8, 4) is 11.4 Å². The molecule has 0 N–H and O–H groups in total. The Hall–Kier alpha value is -1.04. The summed E-state index contributed by atoms with van der Waals surface area (Å²) in [6, 6.07) is 8.54. The van der Waals surface area contributed by atoms with Gasteiger partial charge in [-0.3, -0.25) is 0 Å². The Morgan fingerprint density at radius 1 is 1.29 bits per heavy atom. The van der Waals surface area contributed by atoms with Gasteiger partial charge < -0.3 is 9.47 Å². The fourth-order valence-corrected chi connectivity index (χ4v) is 4.55. The molecule has 1 atom stereocenters. The number of rotatable bonds is 6. The van der Waals surface area contributed by atoms with Crippen LogP contribution in [0, 0.1) is 0 Å². The second-order valence-corrected chi connectivity index (χ2v) is 7.83. The smallest absolute Gasteiger partial charge is 0.191 e. The van der Waals surface area contributed by atoms with Crippen LogP contribution in [0.3, 0.4) is 0 Å². The standard InChI is InChI=1S/C18H25ClN4S/c1-3-23-17(14-7-6-8-15(19)13-14)20-21-18(23)24-12-10-16-9-4-5-11-22(16)2/h6-8,13,16H,3-5,9-12H2,1-2H3. The highest BCUT2D eigenvalue weighted by atomic mass is 35.5. The van der Waals surface area contributed by atoms with Gasteiger partial charge in [0.05, 0.1) is 0 Å². The average Bonchev–Trinajstić information content (AvgIpc) is 2.99. The number of hydrogen-bond donors (Lipinski definition) is 0. The Balaban J connectivity index is 1.66. The van der Waals surface area contributed by atoms with Gasteiger partial charge in [-0.25, -0.2) is 0 Å². The molecule has 1 aliphatic rings. The third-order valence-electron chi connectivity index (χ3n) is 4.72. The van der Waals surface area contributed by atoms with Gasteiger partial charge in [0.1, 0.15) is 0 Å². The summed E-state index contributed by atoms with van der Waals surface area (Å²) in [6.45, 7) is 4.23. The molecule has 1 aliphatic heterocycles. The maximum absolute atomic E-state index is 6.11. The summed E-state index contributed by atoms with van der Waals surface area (Å²) in [5.41, 5.74) is 1.02. The summed E-state index contributed by atoms with van der Waals surface area (Å²) in [7, 11) is 2.25. The van der Waals surface area contributed by atoms with Crippen molar-refractivity contribution in [3.05, 3.63) is 29.3 Å². The average molecular weight is 365 g/mol. The molecule has 1 aromatic heterocycles. The molecular formula is C18H25ClN4S. The molecule has 3 rings (SSSR count). The predicted molar refractivity (Wildman–Crippen MR) is 102 cm³/mol. The second kappa shape index (κ2) is 8.37. The van der Waals surface area contributed by atoms with Crippen molar-refractivity contribution >= 4 is 23.4 Å². The van der Waals surface area contributed by atoms with Gasteiger partial charge in [0.25, 0.3) is 0 Å². The van der Waals surface area contributed by atoms with E-state index in [9.17, 15) is 0 Å². The van der Waals surface area contributed by atoms with Gasteiger partial charge in [0.2, 0.25) is 0 Å².